The van der Waals surface area contributed by atoms with Crippen molar-refractivity contribution in [2.24, 2.45) is 0 Å². The Morgan fingerprint density at radius 1 is 1.05 bits per heavy atom. The maximum Gasteiger partial charge on any atom is 0.228 e. The van der Waals surface area contributed by atoms with Crippen LogP contribution in [0.25, 0.3) is 11.4 Å². The number of ether oxygens (including phenoxy) is 1. The van der Waals surface area contributed by atoms with E-state index in [9.17, 15) is 17.6 Å². The Bertz CT molecular complexity index is 1540. The van der Waals surface area contributed by atoms with E-state index in [1.807, 2.05) is 0 Å². The molecule has 198 valence electrons. The number of nitrogens with one attached hydrogen (secondary N) is 1. The van der Waals surface area contributed by atoms with Gasteiger partial charge >= 0.3 is 0 Å². The number of aromatic nitrogens is 5. The highest BCUT2D eigenvalue weighted by atomic mass is 35.5. The highest BCUT2D eigenvalue weighted by Crippen LogP contribution is 2.32. The number of hydrogen-bond donors (Lipinski definition) is 1. The lowest BCUT2D eigenvalue weighted by Crippen LogP contribution is -2.23. The molecule has 13 heteroatoms. The first kappa shape index (κ1) is 27.3. The summed E-state index contributed by atoms with van der Waals surface area (Å²) in [6, 6.07) is 11.5. The predicted octanol–water partition coefficient (Wildman–Crippen LogP) is 4.03. The van der Waals surface area contributed by atoms with Gasteiger partial charge in [0.05, 0.1) is 18.1 Å². The molecule has 0 saturated carbocycles. The first-order valence-corrected chi connectivity index (χ1v) is 13.4. The lowest BCUT2D eigenvalue weighted by atomic mass is 10.1. The van der Waals surface area contributed by atoms with Crippen LogP contribution in [-0.2, 0) is 14.6 Å². The number of sulfone groups is 1. The summed E-state index contributed by atoms with van der Waals surface area (Å²) in [5, 5.41) is 2.86. The zero-order chi connectivity index (χ0) is 26.0. The molecule has 0 radical (unpaired) electrons. The number of halogens is 2. The summed E-state index contributed by atoms with van der Waals surface area (Å²) in [5.41, 5.74) is 1.53. The third-order valence-corrected chi connectivity index (χ3v) is 6.90. The molecule has 4 aromatic rings. The van der Waals surface area contributed by atoms with Crippen molar-refractivity contribution in [2.75, 3.05) is 24.8 Å². The molecule has 10 nitrogen and oxygen atoms in total. The summed E-state index contributed by atoms with van der Waals surface area (Å²) in [4.78, 5) is 29.1. The van der Waals surface area contributed by atoms with Gasteiger partial charge in [-0.1, -0.05) is 6.07 Å². The van der Waals surface area contributed by atoms with E-state index in [-0.39, 0.29) is 46.7 Å². The average Bonchev–Trinajstić information content (AvgIpc) is 3.37. The molecule has 3 aromatic heterocycles. The third-order valence-electron chi connectivity index (χ3n) is 5.94. The van der Waals surface area contributed by atoms with Gasteiger partial charge in [-0.2, -0.15) is 0 Å². The second kappa shape index (κ2) is 11.3. The Morgan fingerprint density at radius 3 is 2.45 bits per heavy atom. The van der Waals surface area contributed by atoms with E-state index >= 15 is 0 Å². The standard InChI is InChI=1S/C25H23FN6O4S.ClH/c1-37(34,35)25-29-15-21(32(25)18-9-12-36-13-10-18)22-19(26)14-28-24(31-22)30-17-7-5-16(6-8-17)23(33)20-4-2-3-11-27-20;/h2-8,11,14-15,18H,9-10,12-13H2,1H3,(H,28,30,31);1H. The van der Waals surface area contributed by atoms with Crippen LogP contribution >= 0.6 is 12.4 Å². The largest absolute Gasteiger partial charge is 0.381 e. The van der Waals surface area contributed by atoms with Crippen molar-refractivity contribution in [1.82, 2.24) is 24.5 Å². The topological polar surface area (TPSA) is 129 Å². The molecule has 1 saturated heterocycles. The van der Waals surface area contributed by atoms with Gasteiger partial charge in [-0.05, 0) is 49.2 Å². The van der Waals surface area contributed by atoms with Gasteiger partial charge in [-0.3, -0.25) is 9.78 Å². The third kappa shape index (κ3) is 5.72. The van der Waals surface area contributed by atoms with E-state index in [2.05, 4.69) is 25.3 Å². The summed E-state index contributed by atoms with van der Waals surface area (Å²) in [6.07, 6.45) is 6.09. The molecule has 0 aliphatic carbocycles. The smallest absolute Gasteiger partial charge is 0.228 e. The van der Waals surface area contributed by atoms with Crippen LogP contribution < -0.4 is 5.32 Å². The Labute approximate surface area is 224 Å². The molecule has 1 fully saturated rings. The van der Waals surface area contributed by atoms with E-state index in [1.54, 1.807) is 48.7 Å². The van der Waals surface area contributed by atoms with E-state index in [0.29, 0.717) is 43.0 Å². The minimum Gasteiger partial charge on any atom is -0.381 e. The van der Waals surface area contributed by atoms with Gasteiger partial charge in [0.1, 0.15) is 11.4 Å². The maximum absolute atomic E-state index is 14.9. The Morgan fingerprint density at radius 2 is 1.79 bits per heavy atom. The number of hydrogen-bond acceptors (Lipinski definition) is 9. The number of nitrogens with zero attached hydrogens (tertiary/aromatic N) is 5. The molecule has 38 heavy (non-hydrogen) atoms. The fourth-order valence-electron chi connectivity index (χ4n) is 4.18. The number of pyridine rings is 1. The molecule has 1 aliphatic heterocycles. The van der Waals surface area contributed by atoms with Crippen molar-refractivity contribution in [3.63, 3.8) is 0 Å². The average molecular weight is 559 g/mol. The van der Waals surface area contributed by atoms with Crippen LogP contribution in [0.3, 0.4) is 0 Å². The molecule has 0 spiro atoms. The summed E-state index contributed by atoms with van der Waals surface area (Å²) < 4.78 is 46.7. The predicted molar refractivity (Wildman–Crippen MR) is 140 cm³/mol. The molecule has 0 atom stereocenters. The van der Waals surface area contributed by atoms with Gasteiger partial charge in [0.15, 0.2) is 5.82 Å². The first-order chi connectivity index (χ1) is 17.8. The number of imidazole rings is 1. The van der Waals surface area contributed by atoms with Crippen molar-refractivity contribution in [1.29, 1.82) is 0 Å². The molecule has 4 heterocycles. The van der Waals surface area contributed by atoms with Gasteiger partial charge in [0, 0.05) is 43.0 Å². The monoisotopic (exact) mass is 558 g/mol. The minimum atomic E-state index is -3.68. The number of rotatable bonds is 7. The van der Waals surface area contributed by atoms with Crippen LogP contribution in [0.5, 0.6) is 0 Å². The number of anilines is 2. The van der Waals surface area contributed by atoms with E-state index in [0.717, 1.165) is 12.5 Å². The minimum absolute atomic E-state index is 0. The zero-order valence-corrected chi connectivity index (χ0v) is 21.9. The Balaban J connectivity index is 0.00000336. The summed E-state index contributed by atoms with van der Waals surface area (Å²) in [7, 11) is -3.68. The Kier molecular flexibility index (Phi) is 8.14. The lowest BCUT2D eigenvalue weighted by Gasteiger charge is -2.26. The van der Waals surface area contributed by atoms with Gasteiger partial charge in [-0.25, -0.2) is 27.8 Å². The van der Waals surface area contributed by atoms with Crippen LogP contribution in [0.4, 0.5) is 16.0 Å². The summed E-state index contributed by atoms with van der Waals surface area (Å²) in [6.45, 7) is 0.923. The highest BCUT2D eigenvalue weighted by Gasteiger charge is 2.29. The van der Waals surface area contributed by atoms with Crippen LogP contribution in [0, 0.1) is 5.82 Å². The lowest BCUT2D eigenvalue weighted by molar-refractivity contribution is 0.0676. The molecule has 0 amide bonds. The van der Waals surface area contributed by atoms with Crippen molar-refractivity contribution >= 4 is 39.7 Å². The summed E-state index contributed by atoms with van der Waals surface area (Å²) >= 11 is 0. The number of benzene rings is 1. The second-order valence-electron chi connectivity index (χ2n) is 8.55. The van der Waals surface area contributed by atoms with Crippen LogP contribution in [0.15, 0.2) is 66.2 Å². The first-order valence-electron chi connectivity index (χ1n) is 11.5. The Hall–Kier alpha value is -3.74. The molecule has 5 rings (SSSR count). The van der Waals surface area contributed by atoms with Crippen LogP contribution in [0.1, 0.15) is 34.9 Å². The highest BCUT2D eigenvalue weighted by molar-refractivity contribution is 7.90. The fourth-order valence-corrected chi connectivity index (χ4v) is 5.02. The second-order valence-corrected chi connectivity index (χ2v) is 10.5. The molecular weight excluding hydrogens is 535 g/mol. The quantitative estimate of drug-likeness (QED) is 0.334. The van der Waals surface area contributed by atoms with Crippen molar-refractivity contribution < 1.29 is 22.3 Å². The normalized spacial score (nSPS) is 14.1. The van der Waals surface area contributed by atoms with Crippen LogP contribution in [0.2, 0.25) is 0 Å². The van der Waals surface area contributed by atoms with Gasteiger partial charge in [-0.15, -0.1) is 12.4 Å². The van der Waals surface area contributed by atoms with Crippen molar-refractivity contribution in [3.05, 3.63) is 78.1 Å². The molecule has 0 bridgehead atoms. The maximum atomic E-state index is 14.9. The van der Waals surface area contributed by atoms with Gasteiger partial charge < -0.3 is 14.6 Å². The molecule has 1 aromatic carbocycles. The van der Waals surface area contributed by atoms with Gasteiger partial charge in [0.25, 0.3) is 0 Å². The van der Waals surface area contributed by atoms with E-state index in [1.165, 1.54) is 10.8 Å². The van der Waals surface area contributed by atoms with E-state index < -0.39 is 15.7 Å². The zero-order valence-electron chi connectivity index (χ0n) is 20.2. The number of carbonyl (C=O) groups is 1. The molecule has 1 aliphatic rings. The van der Waals surface area contributed by atoms with Gasteiger partial charge in [0.2, 0.25) is 26.7 Å². The van der Waals surface area contributed by atoms with Crippen molar-refractivity contribution in [3.8, 4) is 11.4 Å². The SMILES string of the molecule is CS(=O)(=O)c1ncc(-c2nc(Nc3ccc(C(=O)c4ccccn4)cc3)ncc2F)n1C1CCOCC1.Cl. The van der Waals surface area contributed by atoms with E-state index in [4.69, 9.17) is 4.74 Å². The summed E-state index contributed by atoms with van der Waals surface area (Å²) in [5.74, 6) is -0.827. The van der Waals surface area contributed by atoms with Crippen LogP contribution in [-0.4, -0.2) is 58.2 Å². The van der Waals surface area contributed by atoms with Crippen molar-refractivity contribution in [2.45, 2.75) is 24.0 Å². The number of ketones is 1. The molecule has 0 unspecified atom stereocenters. The fraction of sp³-hybridized carbons (Fsp3) is 0.240. The number of carbonyl (C=O) groups excluding carboxylic acids is 1. The molecule has 1 N–H and O–H groups in total. The molecular formula is C25H24ClFN6O4S.